The summed E-state index contributed by atoms with van der Waals surface area (Å²) >= 11 is 0. The fourth-order valence-electron chi connectivity index (χ4n) is 3.28. The van der Waals surface area contributed by atoms with Gasteiger partial charge >= 0.3 is 0 Å². The number of carbonyl (C=O) groups is 1. The van der Waals surface area contributed by atoms with Crippen LogP contribution < -0.4 is 19.5 Å². The van der Waals surface area contributed by atoms with E-state index in [9.17, 15) is 4.79 Å². The third-order valence-corrected chi connectivity index (χ3v) is 4.85. The molecule has 5 rings (SSSR count). The second-order valence-electron chi connectivity index (χ2n) is 6.89. The van der Waals surface area contributed by atoms with Gasteiger partial charge in [-0.15, -0.1) is 0 Å². The Labute approximate surface area is 183 Å². The summed E-state index contributed by atoms with van der Waals surface area (Å²) in [7, 11) is 0. The lowest BCUT2D eigenvalue weighted by atomic mass is 10.1. The van der Waals surface area contributed by atoms with Crippen molar-refractivity contribution in [1.29, 1.82) is 0 Å². The molecule has 0 atom stereocenters. The Kier molecular flexibility index (Phi) is 5.29. The quantitative estimate of drug-likeness (QED) is 0.476. The molecule has 0 saturated heterocycles. The van der Waals surface area contributed by atoms with Gasteiger partial charge in [-0.25, -0.2) is 0 Å². The lowest BCUT2D eigenvalue weighted by molar-refractivity contribution is 0.0953. The average molecular weight is 426 g/mol. The molecule has 3 heterocycles. The van der Waals surface area contributed by atoms with Crippen LogP contribution >= 0.6 is 0 Å². The van der Waals surface area contributed by atoms with E-state index in [-0.39, 0.29) is 25.9 Å². The van der Waals surface area contributed by atoms with Crippen LogP contribution in [0.25, 0.3) is 22.2 Å². The molecule has 0 bridgehead atoms. The van der Waals surface area contributed by atoms with E-state index >= 15 is 0 Å². The maximum Gasteiger partial charge on any atom is 0.270 e. The van der Waals surface area contributed by atoms with Crippen molar-refractivity contribution in [3.8, 4) is 40.3 Å². The van der Waals surface area contributed by atoms with Crippen molar-refractivity contribution in [1.82, 2.24) is 20.5 Å². The highest BCUT2D eigenvalue weighted by molar-refractivity contribution is 5.93. The first kappa shape index (κ1) is 19.5. The Bertz CT molecular complexity index is 1350. The van der Waals surface area contributed by atoms with E-state index in [1.54, 1.807) is 12.3 Å². The monoisotopic (exact) mass is 426 g/mol. The summed E-state index contributed by atoms with van der Waals surface area (Å²) in [4.78, 5) is 16.7. The number of hydrogen-bond acceptors (Lipinski definition) is 6. The molecule has 0 fully saturated rings. The van der Waals surface area contributed by atoms with Gasteiger partial charge in [-0.05, 0) is 36.4 Å². The van der Waals surface area contributed by atoms with Gasteiger partial charge in [0.2, 0.25) is 6.79 Å². The minimum atomic E-state index is -0.294. The van der Waals surface area contributed by atoms with Crippen molar-refractivity contribution in [3.63, 3.8) is 0 Å². The van der Waals surface area contributed by atoms with E-state index in [0.717, 1.165) is 16.5 Å². The topological polar surface area (TPSA) is 98.4 Å². The van der Waals surface area contributed by atoms with Crippen LogP contribution in [0.5, 0.6) is 17.2 Å². The Balaban J connectivity index is 1.14. The summed E-state index contributed by atoms with van der Waals surface area (Å²) in [6.45, 7) is 0.593. The molecule has 1 aliphatic rings. The van der Waals surface area contributed by atoms with Crippen LogP contribution in [0.1, 0.15) is 10.5 Å². The van der Waals surface area contributed by atoms with Crippen molar-refractivity contribution in [2.45, 2.75) is 0 Å². The van der Waals surface area contributed by atoms with Gasteiger partial charge in [0, 0.05) is 17.1 Å². The summed E-state index contributed by atoms with van der Waals surface area (Å²) in [6, 6.07) is 16.8. The molecule has 1 amide bonds. The van der Waals surface area contributed by atoms with E-state index < -0.39 is 0 Å². The fourth-order valence-corrected chi connectivity index (χ4v) is 3.28. The molecule has 1 aliphatic heterocycles. The van der Waals surface area contributed by atoms with Gasteiger partial charge in [-0.3, -0.25) is 14.9 Å². The first-order chi connectivity index (χ1) is 15.8. The highest BCUT2D eigenvalue weighted by atomic mass is 16.7. The molecule has 158 valence electrons. The molecule has 0 saturated carbocycles. The Hall–Kier alpha value is -4.51. The number of H-pyrrole nitrogens is 1. The Morgan fingerprint density at radius 2 is 2.00 bits per heavy atom. The smallest absolute Gasteiger partial charge is 0.270 e. The van der Waals surface area contributed by atoms with Crippen molar-refractivity contribution in [2.24, 2.45) is 0 Å². The minimum absolute atomic E-state index is 0.189. The predicted octanol–water partition coefficient (Wildman–Crippen LogP) is 3.17. The van der Waals surface area contributed by atoms with Crippen molar-refractivity contribution in [3.05, 3.63) is 66.5 Å². The van der Waals surface area contributed by atoms with Crippen molar-refractivity contribution >= 4 is 16.8 Å². The molecule has 2 N–H and O–H groups in total. The number of nitrogens with one attached hydrogen (secondary N) is 2. The van der Waals surface area contributed by atoms with Crippen LogP contribution in [0.15, 0.2) is 60.8 Å². The van der Waals surface area contributed by atoms with Crippen LogP contribution in [0.2, 0.25) is 0 Å². The molecule has 2 aromatic heterocycles. The van der Waals surface area contributed by atoms with E-state index in [1.165, 1.54) is 0 Å². The number of aromatic nitrogens is 3. The molecule has 8 heteroatoms. The number of pyridine rings is 1. The van der Waals surface area contributed by atoms with Gasteiger partial charge in [-0.1, -0.05) is 30.0 Å². The number of benzene rings is 2. The zero-order valence-electron chi connectivity index (χ0n) is 16.9. The van der Waals surface area contributed by atoms with Gasteiger partial charge in [0.15, 0.2) is 11.5 Å². The average Bonchev–Trinajstić information content (AvgIpc) is 3.50. The van der Waals surface area contributed by atoms with Gasteiger partial charge < -0.3 is 19.5 Å². The third kappa shape index (κ3) is 4.04. The minimum Gasteiger partial charge on any atom is -0.479 e. The lowest BCUT2D eigenvalue weighted by Gasteiger charge is -2.05. The molecule has 0 radical (unpaired) electrons. The summed E-state index contributed by atoms with van der Waals surface area (Å²) in [5, 5.41) is 10.7. The van der Waals surface area contributed by atoms with Gasteiger partial charge in [0.1, 0.15) is 23.6 Å². The SMILES string of the molecule is O=C(NCC#CCOc1cccc2cccnc12)c1cc(-c2ccc3c(c2)OCO3)n[nH]1. The summed E-state index contributed by atoms with van der Waals surface area (Å²) in [5.74, 6) is 7.51. The standard InChI is InChI=1S/C24H18N4O4/c29-24(19-14-18(27-28-19)17-8-9-20-22(13-17)32-15-31-20)26-10-1-2-12-30-21-7-3-5-16-6-4-11-25-23(16)21/h3-9,11,13-14H,10,12,15H2,(H,26,29)(H,27,28). The molecular formula is C24H18N4O4. The molecule has 4 aromatic rings. The highest BCUT2D eigenvalue weighted by Crippen LogP contribution is 2.35. The number of nitrogens with zero attached hydrogens (tertiary/aromatic N) is 2. The van der Waals surface area contributed by atoms with E-state index in [1.807, 2.05) is 48.5 Å². The van der Waals surface area contributed by atoms with E-state index in [4.69, 9.17) is 14.2 Å². The van der Waals surface area contributed by atoms with Crippen LogP contribution in [-0.4, -0.2) is 41.0 Å². The molecule has 2 aromatic carbocycles. The number of para-hydroxylation sites is 1. The maximum absolute atomic E-state index is 12.3. The first-order valence-corrected chi connectivity index (χ1v) is 9.94. The summed E-state index contributed by atoms with van der Waals surface area (Å²) < 4.78 is 16.4. The van der Waals surface area contributed by atoms with Crippen LogP contribution in [0, 0.1) is 11.8 Å². The predicted molar refractivity (Wildman–Crippen MR) is 117 cm³/mol. The van der Waals surface area contributed by atoms with Gasteiger partial charge in [0.25, 0.3) is 5.91 Å². The van der Waals surface area contributed by atoms with Crippen LogP contribution in [-0.2, 0) is 0 Å². The second kappa shape index (κ2) is 8.70. The van der Waals surface area contributed by atoms with Crippen molar-refractivity contribution in [2.75, 3.05) is 19.9 Å². The molecule has 0 aliphatic carbocycles. The van der Waals surface area contributed by atoms with E-state index in [2.05, 4.69) is 32.3 Å². The number of rotatable bonds is 5. The number of carbonyl (C=O) groups excluding carboxylic acids is 1. The maximum atomic E-state index is 12.3. The first-order valence-electron chi connectivity index (χ1n) is 9.94. The number of fused-ring (bicyclic) bond motifs is 2. The number of amides is 1. The summed E-state index contributed by atoms with van der Waals surface area (Å²) in [5.41, 5.74) is 2.60. The lowest BCUT2D eigenvalue weighted by Crippen LogP contribution is -2.24. The second-order valence-corrected chi connectivity index (χ2v) is 6.89. The van der Waals surface area contributed by atoms with E-state index in [0.29, 0.717) is 28.6 Å². The van der Waals surface area contributed by atoms with Gasteiger partial charge in [-0.2, -0.15) is 5.10 Å². The summed E-state index contributed by atoms with van der Waals surface area (Å²) in [6.07, 6.45) is 1.73. The highest BCUT2D eigenvalue weighted by Gasteiger charge is 2.16. The number of aromatic amines is 1. The van der Waals surface area contributed by atoms with Crippen LogP contribution in [0.3, 0.4) is 0 Å². The number of ether oxygens (including phenoxy) is 3. The Morgan fingerprint density at radius 1 is 1.09 bits per heavy atom. The molecular weight excluding hydrogens is 408 g/mol. The Morgan fingerprint density at radius 3 is 2.97 bits per heavy atom. The molecule has 0 spiro atoms. The zero-order chi connectivity index (χ0) is 21.8. The normalized spacial score (nSPS) is 11.6. The molecule has 8 nitrogen and oxygen atoms in total. The van der Waals surface area contributed by atoms with Crippen LogP contribution in [0.4, 0.5) is 0 Å². The molecule has 0 unspecified atom stereocenters. The largest absolute Gasteiger partial charge is 0.479 e. The van der Waals surface area contributed by atoms with Crippen molar-refractivity contribution < 1.29 is 19.0 Å². The zero-order valence-corrected chi connectivity index (χ0v) is 16.9. The molecule has 32 heavy (non-hydrogen) atoms. The van der Waals surface area contributed by atoms with Gasteiger partial charge in [0.05, 0.1) is 12.2 Å². The number of hydrogen-bond donors (Lipinski definition) is 2. The third-order valence-electron chi connectivity index (χ3n) is 4.85. The fraction of sp³-hybridized carbons (Fsp3) is 0.125.